The third-order valence-corrected chi connectivity index (χ3v) is 5.06. The van der Waals surface area contributed by atoms with Crippen molar-refractivity contribution in [2.75, 3.05) is 19.5 Å². The van der Waals surface area contributed by atoms with Gasteiger partial charge in [-0.25, -0.2) is 0 Å². The Morgan fingerprint density at radius 3 is 2.72 bits per heavy atom. The van der Waals surface area contributed by atoms with E-state index >= 15 is 0 Å². The van der Waals surface area contributed by atoms with E-state index < -0.39 is 5.25 Å². The van der Waals surface area contributed by atoms with Crippen LogP contribution in [0.15, 0.2) is 58.7 Å². The Kier molecular flexibility index (Phi) is 6.85. The normalized spacial score (nSPS) is 17.4. The van der Waals surface area contributed by atoms with Crippen LogP contribution in [-0.2, 0) is 9.59 Å². The molecule has 0 spiro atoms. The van der Waals surface area contributed by atoms with Crippen LogP contribution in [0.2, 0.25) is 0 Å². The Morgan fingerprint density at radius 1 is 1.21 bits per heavy atom. The second kappa shape index (κ2) is 9.74. The average Bonchev–Trinajstić information content (AvgIpc) is 3.07. The van der Waals surface area contributed by atoms with E-state index in [1.807, 2.05) is 18.2 Å². The van der Waals surface area contributed by atoms with Crippen LogP contribution < -0.4 is 20.1 Å². The summed E-state index contributed by atoms with van der Waals surface area (Å²) < 4.78 is 10.5. The van der Waals surface area contributed by atoms with Gasteiger partial charge in [-0.1, -0.05) is 30.0 Å². The summed E-state index contributed by atoms with van der Waals surface area (Å²) in [6, 6.07) is 14.4. The topological polar surface area (TPSA) is 101 Å². The van der Waals surface area contributed by atoms with Crippen LogP contribution in [0, 0.1) is 0 Å². The first-order chi connectivity index (χ1) is 14.1. The summed E-state index contributed by atoms with van der Waals surface area (Å²) in [7, 11) is 3.13. The Bertz CT molecular complexity index is 947. The molecular formula is C20H20N4O4S. The van der Waals surface area contributed by atoms with Gasteiger partial charge in [0, 0.05) is 17.7 Å². The van der Waals surface area contributed by atoms with Gasteiger partial charge in [-0.05, 0) is 30.3 Å². The molecule has 0 unspecified atom stereocenters. The number of rotatable bonds is 7. The number of benzene rings is 2. The Hall–Kier alpha value is -3.33. The summed E-state index contributed by atoms with van der Waals surface area (Å²) in [4.78, 5) is 24.3. The predicted molar refractivity (Wildman–Crippen MR) is 114 cm³/mol. The lowest BCUT2D eigenvalue weighted by atomic mass is 10.2. The molecule has 0 saturated carbocycles. The fourth-order valence-electron chi connectivity index (χ4n) is 2.57. The molecule has 0 aliphatic carbocycles. The standard InChI is InChI=1S/C20H20N4O4S/c1-27-15-8-9-16(28-2)13(10-15)12-21-24-20-23-19(26)17(29-20)11-18(25)22-14-6-4-3-5-7-14/h3-10,12,17H,11H2,1-2H3,(H,22,25)(H,23,24,26)/b21-12-/t17-/m0/s1. The maximum absolute atomic E-state index is 12.2. The number of thioether (sulfide) groups is 1. The largest absolute Gasteiger partial charge is 0.497 e. The molecule has 1 aliphatic heterocycles. The second-order valence-electron chi connectivity index (χ2n) is 5.97. The molecule has 0 aromatic heterocycles. The summed E-state index contributed by atoms with van der Waals surface area (Å²) in [5.41, 5.74) is 1.37. The molecular weight excluding hydrogens is 392 g/mol. The number of anilines is 1. The molecule has 1 saturated heterocycles. The van der Waals surface area contributed by atoms with E-state index in [-0.39, 0.29) is 18.2 Å². The van der Waals surface area contributed by atoms with Crippen molar-refractivity contribution in [1.82, 2.24) is 5.32 Å². The number of amides is 2. The molecule has 0 bridgehead atoms. The number of methoxy groups -OCH3 is 2. The fraction of sp³-hybridized carbons (Fsp3) is 0.200. The quantitative estimate of drug-likeness (QED) is 0.538. The minimum atomic E-state index is -0.556. The predicted octanol–water partition coefficient (Wildman–Crippen LogP) is 2.65. The first-order valence-corrected chi connectivity index (χ1v) is 9.62. The van der Waals surface area contributed by atoms with Crippen LogP contribution in [0.4, 0.5) is 5.69 Å². The number of hydrogen-bond acceptors (Lipinski definition) is 7. The number of para-hydroxylation sites is 1. The van der Waals surface area contributed by atoms with Crippen LogP contribution in [0.3, 0.4) is 0 Å². The fourth-order valence-corrected chi connectivity index (χ4v) is 3.50. The van der Waals surface area contributed by atoms with Crippen molar-refractivity contribution in [2.45, 2.75) is 11.7 Å². The van der Waals surface area contributed by atoms with Crippen LogP contribution in [0.25, 0.3) is 0 Å². The van der Waals surface area contributed by atoms with Gasteiger partial charge in [-0.2, -0.15) is 5.10 Å². The third-order valence-electron chi connectivity index (χ3n) is 3.99. The zero-order valence-electron chi connectivity index (χ0n) is 15.9. The highest BCUT2D eigenvalue weighted by molar-refractivity contribution is 8.15. The highest BCUT2D eigenvalue weighted by Gasteiger charge is 2.32. The van der Waals surface area contributed by atoms with Crippen molar-refractivity contribution in [2.24, 2.45) is 10.2 Å². The zero-order valence-corrected chi connectivity index (χ0v) is 16.7. The van der Waals surface area contributed by atoms with Crippen LogP contribution in [0.5, 0.6) is 11.5 Å². The van der Waals surface area contributed by atoms with E-state index in [2.05, 4.69) is 20.8 Å². The van der Waals surface area contributed by atoms with Gasteiger partial charge in [0.05, 0.1) is 20.4 Å². The molecule has 2 aromatic carbocycles. The number of hydrogen-bond donors (Lipinski definition) is 2. The lowest BCUT2D eigenvalue weighted by Crippen LogP contribution is -2.28. The Balaban J connectivity index is 1.60. The molecule has 1 heterocycles. The second-order valence-corrected chi connectivity index (χ2v) is 7.16. The minimum Gasteiger partial charge on any atom is -0.497 e. The third kappa shape index (κ3) is 5.58. The first kappa shape index (κ1) is 20.4. The van der Waals surface area contributed by atoms with E-state index in [1.54, 1.807) is 44.6 Å². The monoisotopic (exact) mass is 412 g/mol. The molecule has 9 heteroatoms. The molecule has 1 aliphatic rings. The van der Waals surface area contributed by atoms with Gasteiger partial charge in [0.15, 0.2) is 5.17 Å². The van der Waals surface area contributed by atoms with Crippen LogP contribution in [-0.4, -0.2) is 42.7 Å². The summed E-state index contributed by atoms with van der Waals surface area (Å²) in [6.07, 6.45) is 1.55. The molecule has 2 N–H and O–H groups in total. The van der Waals surface area contributed by atoms with Crippen LogP contribution >= 0.6 is 11.8 Å². The van der Waals surface area contributed by atoms with Gasteiger partial charge >= 0.3 is 0 Å². The van der Waals surface area contributed by atoms with Gasteiger partial charge in [0.1, 0.15) is 16.7 Å². The van der Waals surface area contributed by atoms with E-state index in [9.17, 15) is 9.59 Å². The lowest BCUT2D eigenvalue weighted by molar-refractivity contribution is -0.122. The maximum atomic E-state index is 12.2. The van der Waals surface area contributed by atoms with Crippen molar-refractivity contribution in [3.05, 3.63) is 54.1 Å². The molecule has 0 radical (unpaired) electrons. The van der Waals surface area contributed by atoms with Crippen molar-refractivity contribution in [3.8, 4) is 11.5 Å². The highest BCUT2D eigenvalue weighted by Crippen LogP contribution is 2.24. The van der Waals surface area contributed by atoms with Gasteiger partial charge in [0.25, 0.3) is 0 Å². The highest BCUT2D eigenvalue weighted by atomic mass is 32.2. The van der Waals surface area contributed by atoms with E-state index in [0.29, 0.717) is 27.9 Å². The molecule has 150 valence electrons. The van der Waals surface area contributed by atoms with Crippen molar-refractivity contribution in [1.29, 1.82) is 0 Å². The summed E-state index contributed by atoms with van der Waals surface area (Å²) in [5, 5.41) is 13.2. The van der Waals surface area contributed by atoms with Crippen molar-refractivity contribution >= 4 is 40.6 Å². The molecule has 1 atom stereocenters. The smallest absolute Gasteiger partial charge is 0.240 e. The molecule has 1 fully saturated rings. The van der Waals surface area contributed by atoms with Crippen LogP contribution in [0.1, 0.15) is 12.0 Å². The number of nitrogens with one attached hydrogen (secondary N) is 2. The van der Waals surface area contributed by atoms with E-state index in [1.165, 1.54) is 18.0 Å². The lowest BCUT2D eigenvalue weighted by Gasteiger charge is -2.07. The molecule has 3 rings (SSSR count). The number of ether oxygens (including phenoxy) is 2. The van der Waals surface area contributed by atoms with Crippen molar-refractivity contribution < 1.29 is 19.1 Å². The van der Waals surface area contributed by atoms with E-state index in [0.717, 1.165) is 0 Å². The molecule has 8 nitrogen and oxygen atoms in total. The van der Waals surface area contributed by atoms with Gasteiger partial charge in [0.2, 0.25) is 11.8 Å². The number of carbonyl (C=O) groups is 2. The SMILES string of the molecule is COc1ccc(OC)c(/C=N\N=C2/NC(=O)[C@H](CC(=O)Nc3ccccc3)S2)c1. The molecule has 2 amide bonds. The number of amidine groups is 1. The minimum absolute atomic E-state index is 0.0395. The van der Waals surface area contributed by atoms with Crippen molar-refractivity contribution in [3.63, 3.8) is 0 Å². The average molecular weight is 412 g/mol. The Labute approximate surface area is 172 Å². The summed E-state index contributed by atoms with van der Waals surface area (Å²) in [6.45, 7) is 0. The summed E-state index contributed by atoms with van der Waals surface area (Å²) in [5.74, 6) is 0.766. The summed E-state index contributed by atoms with van der Waals surface area (Å²) >= 11 is 1.17. The zero-order chi connectivity index (χ0) is 20.6. The van der Waals surface area contributed by atoms with Gasteiger partial charge in [-0.3, -0.25) is 9.59 Å². The molecule has 29 heavy (non-hydrogen) atoms. The Morgan fingerprint density at radius 2 is 2.00 bits per heavy atom. The molecule has 2 aromatic rings. The maximum Gasteiger partial charge on any atom is 0.240 e. The first-order valence-electron chi connectivity index (χ1n) is 8.74. The van der Waals surface area contributed by atoms with E-state index in [4.69, 9.17) is 9.47 Å². The number of nitrogens with zero attached hydrogens (tertiary/aromatic N) is 2. The van der Waals surface area contributed by atoms with Gasteiger partial charge in [-0.15, -0.1) is 5.10 Å². The number of carbonyl (C=O) groups excluding carboxylic acids is 2. The van der Waals surface area contributed by atoms with Gasteiger partial charge < -0.3 is 20.1 Å².